The molecule has 0 aliphatic heterocycles. The maximum Gasteiger partial charge on any atom is 0.278 e. The van der Waals surface area contributed by atoms with E-state index in [9.17, 15) is 19.6 Å². The summed E-state index contributed by atoms with van der Waals surface area (Å²) in [6.45, 7) is 7.77. The molecule has 0 radical (unpaired) electrons. The van der Waals surface area contributed by atoms with Gasteiger partial charge in [-0.1, -0.05) is 39.3 Å². The molecule has 28 heavy (non-hydrogen) atoms. The predicted octanol–water partition coefficient (Wildman–Crippen LogP) is 4.40. The van der Waals surface area contributed by atoms with E-state index in [1.807, 2.05) is 27.7 Å². The van der Waals surface area contributed by atoms with E-state index in [1.54, 1.807) is 18.3 Å². The van der Waals surface area contributed by atoms with E-state index in [2.05, 4.69) is 9.97 Å². The second-order valence-electron chi connectivity index (χ2n) is 7.05. The van der Waals surface area contributed by atoms with Gasteiger partial charge in [0.1, 0.15) is 11.8 Å². The molecule has 0 fully saturated rings. The third kappa shape index (κ3) is 3.00. The zero-order chi connectivity index (χ0) is 20.7. The van der Waals surface area contributed by atoms with E-state index in [1.165, 1.54) is 4.57 Å². The number of hydrogen-bond acceptors (Lipinski definition) is 5. The van der Waals surface area contributed by atoms with Gasteiger partial charge in [0.25, 0.3) is 5.56 Å². The fraction of sp³-hybridized carbons (Fsp3) is 0.300. The predicted molar refractivity (Wildman–Crippen MR) is 105 cm³/mol. The van der Waals surface area contributed by atoms with Crippen molar-refractivity contribution in [3.63, 3.8) is 0 Å². The van der Waals surface area contributed by atoms with Crippen molar-refractivity contribution in [2.75, 3.05) is 0 Å². The summed E-state index contributed by atoms with van der Waals surface area (Å²) in [7, 11) is 0. The lowest BCUT2D eigenvalue weighted by atomic mass is 9.96. The fourth-order valence-corrected chi connectivity index (χ4v) is 3.31. The summed E-state index contributed by atoms with van der Waals surface area (Å²) in [4.78, 5) is 21.6. The van der Waals surface area contributed by atoms with Gasteiger partial charge < -0.3 is 5.11 Å². The van der Waals surface area contributed by atoms with Crippen LogP contribution >= 0.6 is 11.6 Å². The van der Waals surface area contributed by atoms with Crippen LogP contribution in [-0.2, 0) is 0 Å². The van der Waals surface area contributed by atoms with Gasteiger partial charge in [0.15, 0.2) is 22.2 Å². The number of aromatic nitrogens is 3. The molecular weight excluding hydrogens is 383 g/mol. The number of rotatable bonds is 3. The summed E-state index contributed by atoms with van der Waals surface area (Å²) in [6, 6.07) is 4.47. The Morgan fingerprint density at radius 3 is 2.54 bits per heavy atom. The van der Waals surface area contributed by atoms with Crippen molar-refractivity contribution in [1.29, 1.82) is 5.26 Å². The maximum atomic E-state index is 14.0. The minimum Gasteiger partial charge on any atom is -0.506 e. The summed E-state index contributed by atoms with van der Waals surface area (Å²) in [6.07, 6.45) is 1.66. The minimum absolute atomic E-state index is 0.0210. The Morgan fingerprint density at radius 1 is 1.29 bits per heavy atom. The SMILES string of the molecule is CC(C)c1ccnc(C(C)C)c1-n1c(=O)c(C#N)c(O)c2cc(F)c(Cl)nc21. The standard InChI is InChI=1S/C20H18ClFN4O2/c1-9(2)11-5-6-24-15(10(3)4)16(11)26-19-12(7-14(22)18(21)25-19)17(27)13(8-23)20(26)28/h5-7,9-10,27H,1-4H3. The van der Waals surface area contributed by atoms with E-state index in [0.29, 0.717) is 11.4 Å². The summed E-state index contributed by atoms with van der Waals surface area (Å²) in [5.41, 5.74) is 0.591. The summed E-state index contributed by atoms with van der Waals surface area (Å²) >= 11 is 5.87. The molecule has 0 atom stereocenters. The molecule has 3 aromatic heterocycles. The molecule has 1 N–H and O–H groups in total. The minimum atomic E-state index is -0.863. The third-order valence-corrected chi connectivity index (χ3v) is 4.79. The second-order valence-corrected chi connectivity index (χ2v) is 7.41. The molecule has 3 aromatic rings. The summed E-state index contributed by atoms with van der Waals surface area (Å²) in [5, 5.41) is 19.3. The molecule has 0 saturated carbocycles. The Balaban J connectivity index is 2.65. The zero-order valence-electron chi connectivity index (χ0n) is 15.8. The van der Waals surface area contributed by atoms with E-state index < -0.39 is 27.8 Å². The van der Waals surface area contributed by atoms with Gasteiger partial charge in [0.05, 0.1) is 16.8 Å². The Bertz CT molecular complexity index is 1170. The quantitative estimate of drug-likeness (QED) is 0.658. The molecule has 144 valence electrons. The van der Waals surface area contributed by atoms with Crippen molar-refractivity contribution in [1.82, 2.24) is 14.5 Å². The molecule has 3 heterocycles. The molecule has 6 nitrogen and oxygen atoms in total. The summed E-state index contributed by atoms with van der Waals surface area (Å²) < 4.78 is 15.2. The average Bonchev–Trinajstić information content (AvgIpc) is 2.64. The molecule has 0 saturated heterocycles. The molecule has 0 aliphatic rings. The molecular formula is C20H18ClFN4O2. The van der Waals surface area contributed by atoms with Gasteiger partial charge in [-0.2, -0.15) is 5.26 Å². The van der Waals surface area contributed by atoms with Crippen LogP contribution in [-0.4, -0.2) is 19.6 Å². The highest BCUT2D eigenvalue weighted by Gasteiger charge is 2.25. The smallest absolute Gasteiger partial charge is 0.278 e. The van der Waals surface area contributed by atoms with Crippen LogP contribution in [0.5, 0.6) is 5.75 Å². The number of halogens is 2. The van der Waals surface area contributed by atoms with Crippen molar-refractivity contribution in [2.24, 2.45) is 0 Å². The van der Waals surface area contributed by atoms with Crippen molar-refractivity contribution >= 4 is 22.6 Å². The Hall–Kier alpha value is -2.98. The Morgan fingerprint density at radius 2 is 1.96 bits per heavy atom. The van der Waals surface area contributed by atoms with Crippen LogP contribution in [0, 0.1) is 17.1 Å². The average molecular weight is 401 g/mol. The fourth-order valence-electron chi connectivity index (χ4n) is 3.17. The topological polar surface area (TPSA) is 91.8 Å². The summed E-state index contributed by atoms with van der Waals surface area (Å²) in [5.74, 6) is -1.51. The first-order chi connectivity index (χ1) is 13.2. The molecule has 3 rings (SSSR count). The van der Waals surface area contributed by atoms with Crippen LogP contribution in [0.3, 0.4) is 0 Å². The zero-order valence-corrected chi connectivity index (χ0v) is 16.5. The monoisotopic (exact) mass is 400 g/mol. The number of nitriles is 1. The van der Waals surface area contributed by atoms with Crippen LogP contribution in [0.4, 0.5) is 4.39 Å². The number of aromatic hydroxyl groups is 1. The largest absolute Gasteiger partial charge is 0.506 e. The lowest BCUT2D eigenvalue weighted by Gasteiger charge is -2.21. The van der Waals surface area contributed by atoms with Gasteiger partial charge in [0, 0.05) is 6.20 Å². The van der Waals surface area contributed by atoms with Gasteiger partial charge in [-0.05, 0) is 29.5 Å². The Labute approximate surface area is 165 Å². The van der Waals surface area contributed by atoms with E-state index in [4.69, 9.17) is 11.6 Å². The molecule has 0 unspecified atom stereocenters. The lowest BCUT2D eigenvalue weighted by Crippen LogP contribution is -2.25. The molecule has 0 aromatic carbocycles. The van der Waals surface area contributed by atoms with E-state index in [-0.39, 0.29) is 22.9 Å². The lowest BCUT2D eigenvalue weighted by molar-refractivity contribution is 0.477. The second kappa shape index (κ2) is 7.21. The number of fused-ring (bicyclic) bond motifs is 1. The number of nitrogens with zero attached hydrogens (tertiary/aromatic N) is 4. The van der Waals surface area contributed by atoms with Crippen LogP contribution in [0.25, 0.3) is 16.7 Å². The van der Waals surface area contributed by atoms with Gasteiger partial charge >= 0.3 is 0 Å². The normalized spacial score (nSPS) is 11.4. The Kier molecular flexibility index (Phi) is 5.09. The molecule has 0 aliphatic carbocycles. The highest BCUT2D eigenvalue weighted by Crippen LogP contribution is 2.34. The van der Waals surface area contributed by atoms with E-state index >= 15 is 0 Å². The van der Waals surface area contributed by atoms with Crippen LogP contribution in [0.2, 0.25) is 5.15 Å². The van der Waals surface area contributed by atoms with E-state index in [0.717, 1.165) is 11.6 Å². The van der Waals surface area contributed by atoms with Gasteiger partial charge in [-0.15, -0.1) is 0 Å². The van der Waals surface area contributed by atoms with Gasteiger partial charge in [-0.3, -0.25) is 14.3 Å². The third-order valence-electron chi connectivity index (χ3n) is 4.52. The molecule has 0 bridgehead atoms. The van der Waals surface area contributed by atoms with Crippen molar-refractivity contribution in [3.05, 3.63) is 56.5 Å². The number of pyridine rings is 3. The first-order valence-electron chi connectivity index (χ1n) is 8.72. The molecule has 0 spiro atoms. The van der Waals surface area contributed by atoms with Crippen molar-refractivity contribution < 1.29 is 9.50 Å². The van der Waals surface area contributed by atoms with Crippen molar-refractivity contribution in [3.8, 4) is 17.5 Å². The molecule has 0 amide bonds. The highest BCUT2D eigenvalue weighted by atomic mass is 35.5. The molecule has 8 heteroatoms. The first kappa shape index (κ1) is 19.8. The highest BCUT2D eigenvalue weighted by molar-refractivity contribution is 6.30. The van der Waals surface area contributed by atoms with Crippen molar-refractivity contribution in [2.45, 2.75) is 39.5 Å². The van der Waals surface area contributed by atoms with Gasteiger partial charge in [-0.25, -0.2) is 9.37 Å². The number of hydrogen-bond donors (Lipinski definition) is 1. The van der Waals surface area contributed by atoms with Crippen LogP contribution < -0.4 is 5.56 Å². The first-order valence-corrected chi connectivity index (χ1v) is 9.09. The van der Waals surface area contributed by atoms with Crippen LogP contribution in [0.1, 0.15) is 56.4 Å². The maximum absolute atomic E-state index is 14.0. The van der Waals surface area contributed by atoms with Gasteiger partial charge in [0.2, 0.25) is 0 Å². The van der Waals surface area contributed by atoms with Crippen LogP contribution in [0.15, 0.2) is 23.1 Å².